The minimum Gasteiger partial charge on any atom is -0.465 e. The quantitative estimate of drug-likeness (QED) is 0.274. The highest BCUT2D eigenvalue weighted by Crippen LogP contribution is 2.77. The molecule has 5 saturated carbocycles. The fourth-order valence-corrected chi connectivity index (χ4v) is 12.2. The molecule has 5 fully saturated rings. The highest BCUT2D eigenvalue weighted by atomic mass is 16.5. The molecule has 38 heavy (non-hydrogen) atoms. The Morgan fingerprint density at radius 1 is 0.763 bits per heavy atom. The van der Waals surface area contributed by atoms with Gasteiger partial charge in [-0.2, -0.15) is 0 Å². The van der Waals surface area contributed by atoms with Crippen LogP contribution in [0.4, 0.5) is 0 Å². The number of carbonyl (C=O) groups excluding carboxylic acids is 2. The van der Waals surface area contributed by atoms with Crippen molar-refractivity contribution >= 4 is 11.9 Å². The standard InChI is InChI=1S/C34H54O4/c1-21(2)24-12-17-34(20-37-22(3)35)19-18-32(8)25(29(24)34)10-11-27-31(7)15-14-28(38-23(4)36)30(5,6)26(31)13-16-33(27,32)9/h24-29H,1,10-20H2,2-9H3/t24-,25-,26-,27+,28-,29-,31+,32+,33-,34+/m0/s1. The molecule has 0 heterocycles. The number of fused-ring (bicyclic) bond motifs is 7. The van der Waals surface area contributed by atoms with Gasteiger partial charge >= 0.3 is 11.9 Å². The molecule has 5 aliphatic carbocycles. The van der Waals surface area contributed by atoms with E-state index in [1.807, 2.05) is 0 Å². The van der Waals surface area contributed by atoms with Gasteiger partial charge in [0.15, 0.2) is 0 Å². The number of esters is 2. The van der Waals surface area contributed by atoms with Crippen molar-refractivity contribution in [2.45, 2.75) is 126 Å². The van der Waals surface area contributed by atoms with E-state index < -0.39 is 0 Å². The summed E-state index contributed by atoms with van der Waals surface area (Å²) in [5.74, 6) is 2.76. The van der Waals surface area contributed by atoms with E-state index in [9.17, 15) is 9.59 Å². The fourth-order valence-electron chi connectivity index (χ4n) is 12.2. The van der Waals surface area contributed by atoms with Crippen LogP contribution < -0.4 is 0 Å². The predicted molar refractivity (Wildman–Crippen MR) is 151 cm³/mol. The zero-order valence-corrected chi connectivity index (χ0v) is 25.6. The van der Waals surface area contributed by atoms with Gasteiger partial charge in [0.2, 0.25) is 0 Å². The molecule has 0 saturated heterocycles. The monoisotopic (exact) mass is 526 g/mol. The zero-order chi connectivity index (χ0) is 27.9. The van der Waals surface area contributed by atoms with Gasteiger partial charge in [0.1, 0.15) is 6.10 Å². The molecule has 0 aliphatic heterocycles. The topological polar surface area (TPSA) is 52.6 Å². The molecule has 0 amide bonds. The van der Waals surface area contributed by atoms with Gasteiger partial charge in [-0.3, -0.25) is 9.59 Å². The van der Waals surface area contributed by atoms with E-state index in [-0.39, 0.29) is 39.7 Å². The van der Waals surface area contributed by atoms with Crippen molar-refractivity contribution in [2.24, 2.45) is 56.7 Å². The average molecular weight is 527 g/mol. The molecule has 10 atom stereocenters. The molecule has 0 N–H and O–H groups in total. The smallest absolute Gasteiger partial charge is 0.302 e. The van der Waals surface area contributed by atoms with E-state index >= 15 is 0 Å². The van der Waals surface area contributed by atoms with Gasteiger partial charge in [-0.05, 0) is 117 Å². The van der Waals surface area contributed by atoms with Crippen LogP contribution in [-0.4, -0.2) is 24.6 Å². The first-order chi connectivity index (χ1) is 17.6. The summed E-state index contributed by atoms with van der Waals surface area (Å²) in [6, 6.07) is 0. The predicted octanol–water partition coefficient (Wildman–Crippen LogP) is 8.14. The molecule has 5 rings (SSSR count). The molecule has 0 unspecified atom stereocenters. The molecule has 0 aromatic heterocycles. The van der Waals surface area contributed by atoms with Gasteiger partial charge in [-0.25, -0.2) is 0 Å². The lowest BCUT2D eigenvalue weighted by Gasteiger charge is -2.73. The fraction of sp³-hybridized carbons (Fsp3) is 0.882. The minimum atomic E-state index is -0.140. The molecule has 0 radical (unpaired) electrons. The van der Waals surface area contributed by atoms with Gasteiger partial charge in [0, 0.05) is 24.7 Å². The van der Waals surface area contributed by atoms with Crippen LogP contribution in [-0.2, 0) is 19.1 Å². The third-order valence-corrected chi connectivity index (χ3v) is 14.0. The first-order valence-corrected chi connectivity index (χ1v) is 15.6. The molecular weight excluding hydrogens is 472 g/mol. The van der Waals surface area contributed by atoms with Gasteiger partial charge in [-0.1, -0.05) is 46.8 Å². The Morgan fingerprint density at radius 3 is 2.11 bits per heavy atom. The number of allylic oxidation sites excluding steroid dienone is 1. The maximum atomic E-state index is 11.9. The maximum Gasteiger partial charge on any atom is 0.302 e. The van der Waals surface area contributed by atoms with Crippen LogP contribution in [0, 0.1) is 56.7 Å². The summed E-state index contributed by atoms with van der Waals surface area (Å²) in [5.41, 5.74) is 2.30. The van der Waals surface area contributed by atoms with E-state index in [0.717, 1.165) is 12.8 Å². The summed E-state index contributed by atoms with van der Waals surface area (Å²) in [5, 5.41) is 0. The van der Waals surface area contributed by atoms with Crippen LogP contribution >= 0.6 is 0 Å². The summed E-state index contributed by atoms with van der Waals surface area (Å²) in [7, 11) is 0. The van der Waals surface area contributed by atoms with Crippen LogP contribution in [0.2, 0.25) is 0 Å². The molecule has 5 aliphatic rings. The second-order valence-electron chi connectivity index (χ2n) is 15.8. The Morgan fingerprint density at radius 2 is 1.47 bits per heavy atom. The second kappa shape index (κ2) is 9.10. The Kier molecular flexibility index (Phi) is 6.76. The Labute approximate surface area is 232 Å². The lowest BCUT2D eigenvalue weighted by molar-refractivity contribution is -0.252. The molecule has 214 valence electrons. The van der Waals surface area contributed by atoms with Crippen molar-refractivity contribution in [3.05, 3.63) is 12.2 Å². The van der Waals surface area contributed by atoms with Gasteiger partial charge < -0.3 is 9.47 Å². The van der Waals surface area contributed by atoms with Crippen molar-refractivity contribution in [3.8, 4) is 0 Å². The number of hydrogen-bond donors (Lipinski definition) is 0. The SMILES string of the molecule is C=C(C)[C@@H]1CC[C@]2(COC(C)=O)CC[C@]3(C)[C@@H](CC[C@@H]4[C@]5(C)CC[C@H](OC(C)=O)C(C)(C)[C@@H]5CC[C@@]43C)[C@H]12. The molecule has 0 spiro atoms. The third-order valence-electron chi connectivity index (χ3n) is 14.0. The van der Waals surface area contributed by atoms with E-state index in [2.05, 4.69) is 48.1 Å². The average Bonchev–Trinajstić information content (AvgIpc) is 3.20. The highest BCUT2D eigenvalue weighted by molar-refractivity contribution is 5.66. The summed E-state index contributed by atoms with van der Waals surface area (Å²) < 4.78 is 11.7. The molecule has 0 aromatic carbocycles. The van der Waals surface area contributed by atoms with Crippen LogP contribution in [0.5, 0.6) is 0 Å². The van der Waals surface area contributed by atoms with Crippen molar-refractivity contribution in [3.63, 3.8) is 0 Å². The van der Waals surface area contributed by atoms with Crippen LogP contribution in [0.15, 0.2) is 12.2 Å². The molecule has 4 heteroatoms. The Hall–Kier alpha value is -1.32. The summed E-state index contributed by atoms with van der Waals surface area (Å²) >= 11 is 0. The summed E-state index contributed by atoms with van der Waals surface area (Å²) in [6.07, 6.45) is 12.0. The first kappa shape index (κ1) is 28.2. The summed E-state index contributed by atoms with van der Waals surface area (Å²) in [6.45, 7) is 23.1. The Bertz CT molecular complexity index is 998. The molecule has 0 bridgehead atoms. The van der Waals surface area contributed by atoms with Crippen LogP contribution in [0.3, 0.4) is 0 Å². The number of rotatable bonds is 4. The number of hydrogen-bond acceptors (Lipinski definition) is 4. The molecule has 0 aromatic rings. The molecular formula is C34H54O4. The van der Waals surface area contributed by atoms with Crippen LogP contribution in [0.25, 0.3) is 0 Å². The van der Waals surface area contributed by atoms with Crippen LogP contribution in [0.1, 0.15) is 120 Å². The van der Waals surface area contributed by atoms with Gasteiger partial charge in [-0.15, -0.1) is 0 Å². The van der Waals surface area contributed by atoms with Crippen molar-refractivity contribution < 1.29 is 19.1 Å². The van der Waals surface area contributed by atoms with Gasteiger partial charge in [0.05, 0.1) is 6.61 Å². The van der Waals surface area contributed by atoms with Crippen molar-refractivity contribution in [1.82, 2.24) is 0 Å². The number of ether oxygens (including phenoxy) is 2. The highest BCUT2D eigenvalue weighted by Gasteiger charge is 2.71. The largest absolute Gasteiger partial charge is 0.465 e. The van der Waals surface area contributed by atoms with Crippen molar-refractivity contribution in [2.75, 3.05) is 6.61 Å². The summed E-state index contributed by atoms with van der Waals surface area (Å²) in [4.78, 5) is 23.8. The van der Waals surface area contributed by atoms with Crippen molar-refractivity contribution in [1.29, 1.82) is 0 Å². The van der Waals surface area contributed by atoms with E-state index in [4.69, 9.17) is 9.47 Å². The van der Waals surface area contributed by atoms with E-state index in [1.165, 1.54) is 56.9 Å². The van der Waals surface area contributed by atoms with E-state index in [1.54, 1.807) is 13.8 Å². The molecule has 4 nitrogen and oxygen atoms in total. The first-order valence-electron chi connectivity index (χ1n) is 15.6. The Balaban J connectivity index is 1.49. The van der Waals surface area contributed by atoms with Gasteiger partial charge in [0.25, 0.3) is 0 Å². The number of carbonyl (C=O) groups is 2. The lowest BCUT2D eigenvalue weighted by Crippen LogP contribution is -2.67. The minimum absolute atomic E-state index is 0.00000109. The zero-order valence-electron chi connectivity index (χ0n) is 25.6. The lowest BCUT2D eigenvalue weighted by atomic mass is 9.32. The third kappa shape index (κ3) is 3.80. The van der Waals surface area contributed by atoms with E-state index in [0.29, 0.717) is 41.6 Å². The maximum absolute atomic E-state index is 11.9. The normalized spacial score (nSPS) is 49.1. The second-order valence-corrected chi connectivity index (χ2v) is 15.8.